The lowest BCUT2D eigenvalue weighted by Crippen LogP contribution is -2.50. The summed E-state index contributed by atoms with van der Waals surface area (Å²) in [6.07, 6.45) is 2.89. The number of hydrogen-bond donors (Lipinski definition) is 0. The third-order valence-electron chi connectivity index (χ3n) is 6.28. The molecule has 3 aromatic rings. The molecule has 0 spiro atoms. The third-order valence-corrected chi connectivity index (χ3v) is 6.28. The van der Waals surface area contributed by atoms with Crippen LogP contribution in [0.2, 0.25) is 0 Å². The Bertz CT molecular complexity index is 1070. The summed E-state index contributed by atoms with van der Waals surface area (Å²) in [5, 5.41) is 4.17. The fraction of sp³-hybridized carbons (Fsp3) is 0.400. The molecule has 7 nitrogen and oxygen atoms in total. The molecule has 3 heterocycles. The average Bonchev–Trinajstić information content (AvgIpc) is 3.52. The highest BCUT2D eigenvalue weighted by molar-refractivity contribution is 5.83. The Morgan fingerprint density at radius 1 is 1.09 bits per heavy atom. The highest BCUT2D eigenvalue weighted by atomic mass is 16.5. The zero-order chi connectivity index (χ0) is 21.9. The fourth-order valence-corrected chi connectivity index (χ4v) is 4.61. The van der Waals surface area contributed by atoms with E-state index in [-0.39, 0.29) is 11.9 Å². The molecule has 0 radical (unpaired) electrons. The first-order valence-electron chi connectivity index (χ1n) is 11.4. The van der Waals surface area contributed by atoms with Gasteiger partial charge >= 0.3 is 0 Å². The van der Waals surface area contributed by atoms with E-state index in [1.807, 2.05) is 42.2 Å². The number of rotatable bonds is 6. The van der Waals surface area contributed by atoms with Crippen molar-refractivity contribution in [1.82, 2.24) is 19.9 Å². The van der Waals surface area contributed by atoms with E-state index >= 15 is 0 Å². The summed E-state index contributed by atoms with van der Waals surface area (Å²) in [5.74, 6) is 2.09. The van der Waals surface area contributed by atoms with Gasteiger partial charge in [0.2, 0.25) is 17.6 Å². The first-order valence-corrected chi connectivity index (χ1v) is 11.4. The number of benzene rings is 2. The molecular weight excluding hydrogens is 404 g/mol. The molecule has 0 saturated carbocycles. The number of carbonyl (C=O) groups excluding carboxylic acids is 1. The SMILES string of the molecule is CCOc1ccc(-c2noc(CN3Cc4ccccc4C[C@@H]3C(=O)N3CCCC3)n2)cc1. The number of ether oxygens (including phenoxy) is 1. The lowest BCUT2D eigenvalue weighted by Gasteiger charge is -2.37. The van der Waals surface area contributed by atoms with E-state index in [4.69, 9.17) is 9.26 Å². The van der Waals surface area contributed by atoms with Gasteiger partial charge in [-0.2, -0.15) is 4.98 Å². The lowest BCUT2D eigenvalue weighted by molar-refractivity contribution is -0.137. The predicted molar refractivity (Wildman–Crippen MR) is 120 cm³/mol. The van der Waals surface area contributed by atoms with Crippen molar-refractivity contribution in [3.63, 3.8) is 0 Å². The number of likely N-dealkylation sites (tertiary alicyclic amines) is 1. The molecule has 2 aliphatic rings. The van der Waals surface area contributed by atoms with Gasteiger partial charge in [0.15, 0.2) is 0 Å². The second-order valence-electron chi connectivity index (χ2n) is 8.40. The second kappa shape index (κ2) is 9.12. The zero-order valence-corrected chi connectivity index (χ0v) is 18.4. The van der Waals surface area contributed by atoms with Crippen LogP contribution in [0.5, 0.6) is 5.75 Å². The van der Waals surface area contributed by atoms with Crippen LogP contribution in [0.25, 0.3) is 11.4 Å². The number of aromatic nitrogens is 2. The van der Waals surface area contributed by atoms with Crippen molar-refractivity contribution in [2.24, 2.45) is 0 Å². The molecule has 2 aliphatic heterocycles. The molecule has 2 aromatic carbocycles. The topological polar surface area (TPSA) is 71.7 Å². The monoisotopic (exact) mass is 432 g/mol. The van der Waals surface area contributed by atoms with Crippen LogP contribution in [0.4, 0.5) is 0 Å². The van der Waals surface area contributed by atoms with Crippen molar-refractivity contribution in [2.75, 3.05) is 19.7 Å². The van der Waals surface area contributed by atoms with Gasteiger partial charge < -0.3 is 14.2 Å². The Hall–Kier alpha value is -3.19. The number of hydrogen-bond acceptors (Lipinski definition) is 6. The summed E-state index contributed by atoms with van der Waals surface area (Å²) in [7, 11) is 0. The quantitative estimate of drug-likeness (QED) is 0.592. The molecule has 1 aromatic heterocycles. The van der Waals surface area contributed by atoms with Crippen molar-refractivity contribution >= 4 is 5.91 Å². The van der Waals surface area contributed by atoms with E-state index < -0.39 is 0 Å². The number of amides is 1. The van der Waals surface area contributed by atoms with E-state index in [1.165, 1.54) is 11.1 Å². The molecule has 166 valence electrons. The maximum absolute atomic E-state index is 13.3. The Balaban J connectivity index is 1.36. The van der Waals surface area contributed by atoms with Crippen LogP contribution in [0.3, 0.4) is 0 Å². The van der Waals surface area contributed by atoms with Crippen LogP contribution in [0.1, 0.15) is 36.8 Å². The predicted octanol–water partition coefficient (Wildman–Crippen LogP) is 3.68. The van der Waals surface area contributed by atoms with Crippen molar-refractivity contribution in [3.8, 4) is 17.1 Å². The Morgan fingerprint density at radius 3 is 2.59 bits per heavy atom. The first-order chi connectivity index (χ1) is 15.7. The van der Waals surface area contributed by atoms with Crippen molar-refractivity contribution in [2.45, 2.75) is 45.3 Å². The molecule has 32 heavy (non-hydrogen) atoms. The van der Waals surface area contributed by atoms with E-state index in [9.17, 15) is 4.79 Å². The van der Waals surface area contributed by atoms with E-state index in [0.717, 1.165) is 37.2 Å². The van der Waals surface area contributed by atoms with Crippen molar-refractivity contribution < 1.29 is 14.1 Å². The van der Waals surface area contributed by atoms with Crippen LogP contribution >= 0.6 is 0 Å². The van der Waals surface area contributed by atoms with Gasteiger partial charge in [-0.1, -0.05) is 29.4 Å². The largest absolute Gasteiger partial charge is 0.494 e. The van der Waals surface area contributed by atoms with Gasteiger partial charge in [-0.25, -0.2) is 0 Å². The average molecular weight is 433 g/mol. The minimum absolute atomic E-state index is 0.205. The van der Waals surface area contributed by atoms with Crippen LogP contribution in [-0.4, -0.2) is 51.6 Å². The van der Waals surface area contributed by atoms with Gasteiger partial charge in [0.25, 0.3) is 0 Å². The van der Waals surface area contributed by atoms with E-state index in [0.29, 0.717) is 37.8 Å². The molecule has 5 rings (SSSR count). The summed E-state index contributed by atoms with van der Waals surface area (Å²) in [4.78, 5) is 22.1. The molecule has 0 unspecified atom stereocenters. The van der Waals surface area contributed by atoms with Gasteiger partial charge in [-0.15, -0.1) is 0 Å². The number of carbonyl (C=O) groups is 1. The van der Waals surface area contributed by atoms with Gasteiger partial charge in [0.05, 0.1) is 19.2 Å². The molecule has 7 heteroatoms. The maximum Gasteiger partial charge on any atom is 0.241 e. The number of fused-ring (bicyclic) bond motifs is 1. The molecular formula is C25H28N4O3. The summed E-state index contributed by atoms with van der Waals surface area (Å²) >= 11 is 0. The number of nitrogens with zero attached hydrogens (tertiary/aromatic N) is 4. The van der Waals surface area contributed by atoms with Gasteiger partial charge in [-0.3, -0.25) is 9.69 Å². The zero-order valence-electron chi connectivity index (χ0n) is 18.4. The Kier molecular flexibility index (Phi) is 5.90. The van der Waals surface area contributed by atoms with Crippen molar-refractivity contribution in [3.05, 3.63) is 65.5 Å². The summed E-state index contributed by atoms with van der Waals surface area (Å²) in [5.41, 5.74) is 3.38. The van der Waals surface area contributed by atoms with Crippen LogP contribution < -0.4 is 4.74 Å². The summed E-state index contributed by atoms with van der Waals surface area (Å²) in [6, 6.07) is 15.8. The van der Waals surface area contributed by atoms with Gasteiger partial charge in [0, 0.05) is 25.2 Å². The van der Waals surface area contributed by atoms with E-state index in [2.05, 4.69) is 33.2 Å². The van der Waals surface area contributed by atoms with Crippen LogP contribution in [-0.2, 0) is 24.3 Å². The Morgan fingerprint density at radius 2 is 1.84 bits per heavy atom. The van der Waals surface area contributed by atoms with Crippen LogP contribution in [0.15, 0.2) is 53.1 Å². The minimum Gasteiger partial charge on any atom is -0.494 e. The Labute approximate surface area is 188 Å². The normalized spacial score (nSPS) is 18.5. The fourth-order valence-electron chi connectivity index (χ4n) is 4.61. The molecule has 0 aliphatic carbocycles. The molecule has 1 saturated heterocycles. The minimum atomic E-state index is -0.205. The molecule has 0 bridgehead atoms. The van der Waals surface area contributed by atoms with Gasteiger partial charge in [-0.05, 0) is 61.6 Å². The molecule has 0 N–H and O–H groups in total. The van der Waals surface area contributed by atoms with E-state index in [1.54, 1.807) is 0 Å². The molecule has 1 atom stereocenters. The maximum atomic E-state index is 13.3. The van der Waals surface area contributed by atoms with Gasteiger partial charge in [0.1, 0.15) is 5.75 Å². The highest BCUT2D eigenvalue weighted by Crippen LogP contribution is 2.27. The third kappa shape index (κ3) is 4.25. The summed E-state index contributed by atoms with van der Waals surface area (Å²) < 4.78 is 11.1. The first kappa shape index (κ1) is 20.7. The highest BCUT2D eigenvalue weighted by Gasteiger charge is 2.35. The summed E-state index contributed by atoms with van der Waals surface area (Å²) in [6.45, 7) is 5.44. The second-order valence-corrected chi connectivity index (χ2v) is 8.40. The molecule has 1 fully saturated rings. The standard InChI is InChI=1S/C25H28N4O3/c1-2-31-21-11-9-18(10-12-21)24-26-23(32-27-24)17-29-16-20-8-4-3-7-19(20)15-22(29)25(30)28-13-5-6-14-28/h3-4,7-12,22H,2,5-6,13-17H2,1H3/t22-/m1/s1. The smallest absolute Gasteiger partial charge is 0.241 e. The lowest BCUT2D eigenvalue weighted by atomic mass is 9.93. The molecule has 1 amide bonds. The van der Waals surface area contributed by atoms with Crippen LogP contribution in [0, 0.1) is 0 Å². The van der Waals surface area contributed by atoms with Crippen molar-refractivity contribution in [1.29, 1.82) is 0 Å².